The summed E-state index contributed by atoms with van der Waals surface area (Å²) in [5.41, 5.74) is 3.66. The molecule has 3 heteroatoms. The van der Waals surface area contributed by atoms with Crippen molar-refractivity contribution in [1.29, 1.82) is 0 Å². The van der Waals surface area contributed by atoms with E-state index in [0.29, 0.717) is 0 Å². The van der Waals surface area contributed by atoms with Gasteiger partial charge in [-0.3, -0.25) is 4.79 Å². The fourth-order valence-corrected chi connectivity index (χ4v) is 6.83. The molecule has 0 N–H and O–H groups in total. The molecule has 2 aliphatic rings. The summed E-state index contributed by atoms with van der Waals surface area (Å²) in [5, 5.41) is 1.24. The molecule has 0 heterocycles. The summed E-state index contributed by atoms with van der Waals surface area (Å²) in [6, 6.07) is 0. The number of hydrogen-bond donors (Lipinski definition) is 0. The van der Waals surface area contributed by atoms with Crippen molar-refractivity contribution in [3.63, 3.8) is 0 Å². The minimum absolute atomic E-state index is 0.00175. The third-order valence-corrected chi connectivity index (χ3v) is 8.06. The Labute approximate surface area is 142 Å². The van der Waals surface area contributed by atoms with Gasteiger partial charge in [0, 0.05) is 18.6 Å². The third-order valence-electron chi connectivity index (χ3n) is 5.85. The second-order valence-electron chi connectivity index (χ2n) is 8.65. The first-order valence-corrected chi connectivity index (χ1v) is 12.2. The predicted molar refractivity (Wildman–Crippen MR) is 100 cm³/mol. The monoisotopic (exact) mass is 332 g/mol. The number of ether oxygens (including phenoxy) is 1. The van der Waals surface area contributed by atoms with Crippen LogP contribution in [0.2, 0.25) is 19.6 Å². The van der Waals surface area contributed by atoms with Crippen molar-refractivity contribution in [3.05, 3.63) is 34.6 Å². The lowest BCUT2D eigenvalue weighted by Crippen LogP contribution is -2.44. The number of carbonyl (C=O) groups is 1. The van der Waals surface area contributed by atoms with Crippen LogP contribution in [0.25, 0.3) is 0 Å². The second kappa shape index (κ2) is 6.17. The van der Waals surface area contributed by atoms with E-state index in [9.17, 15) is 4.79 Å². The largest absolute Gasteiger partial charge is 0.377 e. The SMILES string of the molecule is C=C/C1=C(\[Si](C)(C)C)[C@@H](OC)CC2=C(C)CC[C@@H](C1=O)C2(C)C. The zero-order valence-corrected chi connectivity index (χ0v) is 16.9. The Morgan fingerprint density at radius 1 is 1.30 bits per heavy atom. The Morgan fingerprint density at radius 3 is 2.39 bits per heavy atom. The van der Waals surface area contributed by atoms with Crippen LogP contribution in [0.4, 0.5) is 0 Å². The summed E-state index contributed by atoms with van der Waals surface area (Å²) in [7, 11) is 0.0814. The van der Waals surface area contributed by atoms with Crippen LogP contribution in [-0.4, -0.2) is 27.1 Å². The van der Waals surface area contributed by atoms with Crippen LogP contribution < -0.4 is 0 Å². The molecule has 0 aliphatic heterocycles. The molecule has 2 aliphatic carbocycles. The van der Waals surface area contributed by atoms with Crippen LogP contribution in [0, 0.1) is 11.3 Å². The minimum atomic E-state index is -1.70. The van der Waals surface area contributed by atoms with Crippen LogP contribution in [0.15, 0.2) is 34.6 Å². The first kappa shape index (κ1) is 18.4. The fraction of sp³-hybridized carbons (Fsp3) is 0.650. The fourth-order valence-electron chi connectivity index (χ4n) is 4.61. The molecule has 0 saturated heterocycles. The van der Waals surface area contributed by atoms with E-state index in [4.69, 9.17) is 4.74 Å². The molecule has 2 nitrogen and oxygen atoms in total. The first-order valence-electron chi connectivity index (χ1n) is 8.68. The van der Waals surface area contributed by atoms with Gasteiger partial charge in [0.15, 0.2) is 5.78 Å². The lowest BCUT2D eigenvalue weighted by atomic mass is 9.61. The highest BCUT2D eigenvalue weighted by Gasteiger charge is 2.46. The number of carbonyl (C=O) groups excluding carboxylic acids is 1. The second-order valence-corrected chi connectivity index (χ2v) is 13.7. The zero-order valence-electron chi connectivity index (χ0n) is 15.9. The van der Waals surface area contributed by atoms with Gasteiger partial charge >= 0.3 is 0 Å². The lowest BCUT2D eigenvalue weighted by Gasteiger charge is -2.46. The molecule has 2 rings (SSSR count). The van der Waals surface area contributed by atoms with Crippen molar-refractivity contribution < 1.29 is 9.53 Å². The van der Waals surface area contributed by atoms with Gasteiger partial charge in [0.25, 0.3) is 0 Å². The summed E-state index contributed by atoms with van der Waals surface area (Å²) in [5.74, 6) is 0.354. The average Bonchev–Trinajstić information content (AvgIpc) is 2.43. The van der Waals surface area contributed by atoms with Crippen molar-refractivity contribution in [1.82, 2.24) is 0 Å². The zero-order chi connectivity index (χ0) is 17.6. The molecule has 0 aromatic heterocycles. The molecule has 23 heavy (non-hydrogen) atoms. The molecule has 2 atom stereocenters. The van der Waals surface area contributed by atoms with Crippen LogP contribution in [0.5, 0.6) is 0 Å². The van der Waals surface area contributed by atoms with Gasteiger partial charge in [-0.1, -0.05) is 57.3 Å². The van der Waals surface area contributed by atoms with Crippen molar-refractivity contribution in [2.45, 2.75) is 65.8 Å². The number of methoxy groups -OCH3 is 1. The highest BCUT2D eigenvalue weighted by atomic mass is 28.3. The van der Waals surface area contributed by atoms with Crippen molar-refractivity contribution in [2.24, 2.45) is 11.3 Å². The van der Waals surface area contributed by atoms with E-state index in [2.05, 4.69) is 47.0 Å². The summed E-state index contributed by atoms with van der Waals surface area (Å²) in [4.78, 5) is 13.4. The number of allylic oxidation sites excluding steroid dienone is 3. The van der Waals surface area contributed by atoms with Gasteiger partial charge < -0.3 is 4.74 Å². The molecule has 0 amide bonds. The van der Waals surface area contributed by atoms with Crippen molar-refractivity contribution in [3.8, 4) is 0 Å². The third kappa shape index (κ3) is 3.06. The molecular weight excluding hydrogens is 300 g/mol. The van der Waals surface area contributed by atoms with Gasteiger partial charge in [-0.05, 0) is 36.8 Å². The van der Waals surface area contributed by atoms with E-state index in [1.807, 2.05) is 0 Å². The molecule has 0 fully saturated rings. The van der Waals surface area contributed by atoms with Crippen molar-refractivity contribution >= 4 is 13.9 Å². The normalized spacial score (nSPS) is 31.7. The number of ketones is 1. The van der Waals surface area contributed by atoms with E-state index >= 15 is 0 Å². The van der Waals surface area contributed by atoms with Crippen LogP contribution in [0.3, 0.4) is 0 Å². The highest BCUT2D eigenvalue weighted by molar-refractivity contribution is 6.83. The van der Waals surface area contributed by atoms with Gasteiger partial charge in [0.1, 0.15) is 0 Å². The van der Waals surface area contributed by atoms with E-state index in [-0.39, 0.29) is 23.2 Å². The molecular formula is C20H32O2Si. The average molecular weight is 333 g/mol. The Bertz CT molecular complexity index is 587. The van der Waals surface area contributed by atoms with E-state index in [0.717, 1.165) is 24.8 Å². The van der Waals surface area contributed by atoms with Gasteiger partial charge in [0.2, 0.25) is 0 Å². The van der Waals surface area contributed by atoms with Crippen LogP contribution in [-0.2, 0) is 9.53 Å². The van der Waals surface area contributed by atoms with Crippen molar-refractivity contribution in [2.75, 3.05) is 7.11 Å². The van der Waals surface area contributed by atoms with Gasteiger partial charge in [-0.15, -0.1) is 0 Å². The Balaban J connectivity index is 2.76. The minimum Gasteiger partial charge on any atom is -0.377 e. The van der Waals surface area contributed by atoms with Gasteiger partial charge in [-0.25, -0.2) is 0 Å². The molecule has 0 radical (unpaired) electrons. The number of rotatable bonds is 3. The summed E-state index contributed by atoms with van der Waals surface area (Å²) >= 11 is 0. The Kier molecular flexibility index (Phi) is 4.94. The summed E-state index contributed by atoms with van der Waals surface area (Å²) < 4.78 is 5.92. The predicted octanol–water partition coefficient (Wildman–Crippen LogP) is 5.09. The molecule has 0 aromatic rings. The van der Waals surface area contributed by atoms with Crippen LogP contribution in [0.1, 0.15) is 40.0 Å². The molecule has 0 aromatic carbocycles. The van der Waals surface area contributed by atoms with E-state index in [1.165, 1.54) is 16.3 Å². The maximum absolute atomic E-state index is 13.4. The number of hydrogen-bond acceptors (Lipinski definition) is 2. The summed E-state index contributed by atoms with van der Waals surface area (Å²) in [6.45, 7) is 17.6. The molecule has 128 valence electrons. The Hall–Kier alpha value is -0.933. The van der Waals surface area contributed by atoms with E-state index < -0.39 is 8.07 Å². The quantitative estimate of drug-likeness (QED) is 0.532. The Morgan fingerprint density at radius 2 is 1.91 bits per heavy atom. The van der Waals surface area contributed by atoms with Crippen LogP contribution >= 0.6 is 0 Å². The maximum atomic E-state index is 13.4. The standard InChI is InChI=1S/C20H32O2Si/c1-9-14-18(21)15-11-10-13(2)16(20(15,3)4)12-17(22-5)19(14)23(6,7)8/h9,15,17H,1,10-12H2,2-8H3/b19-14+/t15-,17-/m0/s1. The number of Topliss-reactive ketones (excluding diaryl/α,β-unsaturated/α-hetero) is 1. The van der Waals surface area contributed by atoms with Gasteiger partial charge in [0.05, 0.1) is 14.2 Å². The molecule has 0 saturated carbocycles. The number of fused-ring (bicyclic) bond motifs is 2. The van der Waals surface area contributed by atoms with Gasteiger partial charge in [-0.2, -0.15) is 0 Å². The topological polar surface area (TPSA) is 26.3 Å². The maximum Gasteiger partial charge on any atom is 0.166 e. The summed E-state index contributed by atoms with van der Waals surface area (Å²) in [6.07, 6.45) is 4.69. The first-order chi connectivity index (χ1) is 10.6. The smallest absolute Gasteiger partial charge is 0.166 e. The lowest BCUT2D eigenvalue weighted by molar-refractivity contribution is -0.122. The molecule has 0 unspecified atom stereocenters. The molecule has 0 spiro atoms. The highest BCUT2D eigenvalue weighted by Crippen LogP contribution is 2.50. The van der Waals surface area contributed by atoms with E-state index in [1.54, 1.807) is 13.2 Å². The molecule has 2 bridgehead atoms.